The van der Waals surface area contributed by atoms with Crippen molar-refractivity contribution in [2.24, 2.45) is 0 Å². The van der Waals surface area contributed by atoms with Gasteiger partial charge in [-0.1, -0.05) is 0 Å². The van der Waals surface area contributed by atoms with E-state index in [2.05, 4.69) is 10.2 Å². The van der Waals surface area contributed by atoms with Gasteiger partial charge in [-0.05, 0) is 12.8 Å². The van der Waals surface area contributed by atoms with Crippen LogP contribution in [0.5, 0.6) is 0 Å². The normalized spacial score (nSPS) is 18.1. The van der Waals surface area contributed by atoms with E-state index < -0.39 is 34.2 Å². The Labute approximate surface area is 118 Å². The minimum atomic E-state index is -5.20. The predicted octanol–water partition coefficient (Wildman–Crippen LogP) is -0.270. The topological polar surface area (TPSA) is 105 Å². The van der Waals surface area contributed by atoms with Crippen LogP contribution in [0.3, 0.4) is 0 Å². The first-order chi connectivity index (χ1) is 9.50. The van der Waals surface area contributed by atoms with Gasteiger partial charge in [-0.2, -0.15) is 18.7 Å². The zero-order valence-electron chi connectivity index (χ0n) is 10.9. The summed E-state index contributed by atoms with van der Waals surface area (Å²) in [5, 5.41) is 2.28. The molecule has 0 saturated carbocycles. The number of amides is 2. The molecule has 122 valence electrons. The van der Waals surface area contributed by atoms with Crippen molar-refractivity contribution < 1.29 is 36.0 Å². The van der Waals surface area contributed by atoms with Gasteiger partial charge in [-0.25, -0.2) is 22.3 Å². The molecule has 0 aromatic rings. The molecular formula is C9H14F3N3O5S. The second-order valence-corrected chi connectivity index (χ2v) is 6.38. The summed E-state index contributed by atoms with van der Waals surface area (Å²) in [5.41, 5.74) is 1.33. The van der Waals surface area contributed by atoms with Gasteiger partial charge in [0.05, 0.1) is 6.26 Å². The Kier molecular flexibility index (Phi) is 5.39. The molecule has 8 nitrogen and oxygen atoms in total. The van der Waals surface area contributed by atoms with Gasteiger partial charge >= 0.3 is 18.2 Å². The lowest BCUT2D eigenvalue weighted by Crippen LogP contribution is -2.49. The molecular weight excluding hydrogens is 319 g/mol. The molecule has 0 unspecified atom stereocenters. The highest BCUT2D eigenvalue weighted by molar-refractivity contribution is 7.88. The first-order valence-corrected chi connectivity index (χ1v) is 7.64. The van der Waals surface area contributed by atoms with Crippen molar-refractivity contribution in [1.82, 2.24) is 15.1 Å². The number of sulfonamides is 1. The van der Waals surface area contributed by atoms with E-state index in [9.17, 15) is 31.2 Å². The molecule has 1 heterocycles. The van der Waals surface area contributed by atoms with Gasteiger partial charge in [0.25, 0.3) is 0 Å². The van der Waals surface area contributed by atoms with Crippen LogP contribution < -0.4 is 10.8 Å². The average molecular weight is 333 g/mol. The van der Waals surface area contributed by atoms with E-state index in [1.165, 1.54) is 9.79 Å². The fourth-order valence-corrected chi connectivity index (χ4v) is 2.57. The van der Waals surface area contributed by atoms with Crippen molar-refractivity contribution in [1.29, 1.82) is 0 Å². The number of hydrogen-bond acceptors (Lipinski definition) is 5. The molecule has 12 heteroatoms. The highest BCUT2D eigenvalue weighted by atomic mass is 32.2. The molecule has 1 fully saturated rings. The number of hydroxylamine groups is 1. The van der Waals surface area contributed by atoms with Gasteiger partial charge in [-0.3, -0.25) is 0 Å². The Balaban J connectivity index is 2.33. The molecule has 0 atom stereocenters. The van der Waals surface area contributed by atoms with Crippen LogP contribution in [0.25, 0.3) is 0 Å². The van der Waals surface area contributed by atoms with Crippen LogP contribution in [-0.4, -0.2) is 56.3 Å². The molecule has 0 spiro atoms. The van der Waals surface area contributed by atoms with Crippen LogP contribution in [0.4, 0.5) is 18.0 Å². The maximum absolute atomic E-state index is 11.8. The van der Waals surface area contributed by atoms with Crippen molar-refractivity contribution in [3.63, 3.8) is 0 Å². The van der Waals surface area contributed by atoms with E-state index in [4.69, 9.17) is 0 Å². The second-order valence-electron chi connectivity index (χ2n) is 4.40. The minimum Gasteiger partial charge on any atom is -0.333 e. The summed E-state index contributed by atoms with van der Waals surface area (Å²) < 4.78 is 59.1. The van der Waals surface area contributed by atoms with Gasteiger partial charge in [0.15, 0.2) is 0 Å². The van der Waals surface area contributed by atoms with Crippen LogP contribution in [0, 0.1) is 0 Å². The van der Waals surface area contributed by atoms with E-state index in [1.807, 2.05) is 0 Å². The second kappa shape index (κ2) is 6.47. The zero-order chi connectivity index (χ0) is 16.3. The Hall–Kier alpha value is -1.56. The highest BCUT2D eigenvalue weighted by Gasteiger charge is 2.42. The van der Waals surface area contributed by atoms with Gasteiger partial charge in [0, 0.05) is 19.1 Å². The van der Waals surface area contributed by atoms with E-state index in [0.29, 0.717) is 12.8 Å². The van der Waals surface area contributed by atoms with Crippen LogP contribution in [-0.2, 0) is 19.7 Å². The lowest BCUT2D eigenvalue weighted by molar-refractivity contribution is -0.204. The molecule has 1 rings (SSSR count). The third kappa shape index (κ3) is 5.75. The maximum Gasteiger partial charge on any atom is 0.493 e. The number of rotatable bonds is 2. The number of halogens is 3. The SMILES string of the molecule is CS(=O)(=O)N1CCC(NC(=O)NOC(=O)C(F)(F)F)CC1. The number of nitrogens with one attached hydrogen (secondary N) is 2. The summed E-state index contributed by atoms with van der Waals surface area (Å²) >= 11 is 0. The smallest absolute Gasteiger partial charge is 0.333 e. The molecule has 2 amide bonds. The molecule has 2 N–H and O–H groups in total. The van der Waals surface area contributed by atoms with Crippen molar-refractivity contribution in [2.75, 3.05) is 19.3 Å². The van der Waals surface area contributed by atoms with Crippen molar-refractivity contribution >= 4 is 22.0 Å². The van der Waals surface area contributed by atoms with Gasteiger partial charge in [0.1, 0.15) is 0 Å². The fourth-order valence-electron chi connectivity index (χ4n) is 1.70. The lowest BCUT2D eigenvalue weighted by atomic mass is 10.1. The van der Waals surface area contributed by atoms with Crippen molar-refractivity contribution in [3.05, 3.63) is 0 Å². The molecule has 21 heavy (non-hydrogen) atoms. The van der Waals surface area contributed by atoms with E-state index in [1.54, 1.807) is 0 Å². The van der Waals surface area contributed by atoms with Crippen LogP contribution >= 0.6 is 0 Å². The van der Waals surface area contributed by atoms with Gasteiger partial charge in [-0.15, -0.1) is 0 Å². The van der Waals surface area contributed by atoms with Crippen LogP contribution in [0.1, 0.15) is 12.8 Å². The largest absolute Gasteiger partial charge is 0.493 e. The Morgan fingerprint density at radius 3 is 2.19 bits per heavy atom. The fraction of sp³-hybridized carbons (Fsp3) is 0.778. The quantitative estimate of drug-likeness (QED) is 0.677. The molecule has 1 aliphatic rings. The number of carbonyl (C=O) groups excluding carboxylic acids is 2. The van der Waals surface area contributed by atoms with Crippen LogP contribution in [0.15, 0.2) is 0 Å². The summed E-state index contributed by atoms with van der Waals surface area (Å²) in [6.45, 7) is 0.373. The molecule has 0 aromatic heterocycles. The average Bonchev–Trinajstić information content (AvgIpc) is 2.34. The maximum atomic E-state index is 11.8. The lowest BCUT2D eigenvalue weighted by Gasteiger charge is -2.30. The third-order valence-corrected chi connectivity index (χ3v) is 4.03. The minimum absolute atomic E-state index is 0.187. The predicted molar refractivity (Wildman–Crippen MR) is 63.3 cm³/mol. The Bertz CT molecular complexity index is 499. The summed E-state index contributed by atoms with van der Waals surface area (Å²) in [6.07, 6.45) is -3.54. The Morgan fingerprint density at radius 2 is 1.76 bits per heavy atom. The monoisotopic (exact) mass is 333 g/mol. The number of carbonyl (C=O) groups is 2. The first-order valence-electron chi connectivity index (χ1n) is 5.80. The van der Waals surface area contributed by atoms with Crippen LogP contribution in [0.2, 0.25) is 0 Å². The standard InChI is InChI=1S/C9H14F3N3O5S/c1-21(18,19)15-4-2-6(3-5-15)13-8(17)14-20-7(16)9(10,11)12/h6H,2-5H2,1H3,(H2,13,14,17). The number of hydrogen-bond donors (Lipinski definition) is 2. The van der Waals surface area contributed by atoms with Gasteiger partial charge < -0.3 is 10.2 Å². The number of alkyl halides is 3. The Morgan fingerprint density at radius 1 is 1.24 bits per heavy atom. The molecule has 1 aliphatic heterocycles. The number of urea groups is 1. The van der Waals surface area contributed by atoms with E-state index in [0.717, 1.165) is 6.26 Å². The number of nitrogens with zero attached hydrogens (tertiary/aromatic N) is 1. The summed E-state index contributed by atoms with van der Waals surface area (Å²) in [4.78, 5) is 25.1. The molecule has 0 bridgehead atoms. The van der Waals surface area contributed by atoms with Crippen molar-refractivity contribution in [3.8, 4) is 0 Å². The van der Waals surface area contributed by atoms with E-state index in [-0.39, 0.29) is 13.1 Å². The molecule has 0 aromatic carbocycles. The van der Waals surface area contributed by atoms with Gasteiger partial charge in [0.2, 0.25) is 10.0 Å². The summed E-state index contributed by atoms with van der Waals surface area (Å²) in [6, 6.07) is -1.53. The molecule has 0 aliphatic carbocycles. The molecule has 1 saturated heterocycles. The number of piperidine rings is 1. The molecule has 0 radical (unpaired) electrons. The highest BCUT2D eigenvalue weighted by Crippen LogP contribution is 2.16. The van der Waals surface area contributed by atoms with Crippen molar-refractivity contribution in [2.45, 2.75) is 25.1 Å². The zero-order valence-corrected chi connectivity index (χ0v) is 11.8. The summed E-state index contributed by atoms with van der Waals surface area (Å²) in [7, 11) is -3.30. The third-order valence-electron chi connectivity index (χ3n) is 2.73. The van der Waals surface area contributed by atoms with E-state index >= 15 is 0 Å². The summed E-state index contributed by atoms with van der Waals surface area (Å²) in [5.74, 6) is -2.54. The first kappa shape index (κ1) is 17.5.